The van der Waals surface area contributed by atoms with Crippen LogP contribution in [0.15, 0.2) is 0 Å². The zero-order valence-corrected chi connectivity index (χ0v) is 30.0. The quantitative estimate of drug-likeness (QED) is 0.0682. The summed E-state index contributed by atoms with van der Waals surface area (Å²) >= 11 is 0. The first kappa shape index (κ1) is 43.7. The average Bonchev–Trinajstić information content (AvgIpc) is 3.17. The average molecular weight is 803 g/mol. The highest BCUT2D eigenvalue weighted by molar-refractivity contribution is 5.01. The minimum atomic E-state index is -1.90. The molecule has 14 N–H and O–H groups in total. The zero-order valence-electron chi connectivity index (χ0n) is 30.0. The van der Waals surface area contributed by atoms with Crippen LogP contribution < -0.4 is 0 Å². The van der Waals surface area contributed by atoms with Gasteiger partial charge in [-0.3, -0.25) is 0 Å². The van der Waals surface area contributed by atoms with Crippen molar-refractivity contribution in [1.29, 1.82) is 0 Å². The molecule has 0 bridgehead atoms. The van der Waals surface area contributed by atoms with E-state index in [4.69, 9.17) is 33.5 Å². The van der Waals surface area contributed by atoms with E-state index in [1.54, 1.807) is 0 Å². The first-order valence-corrected chi connectivity index (χ1v) is 19.1. The van der Waals surface area contributed by atoms with Gasteiger partial charge in [-0.05, 0) is 50.9 Å². The van der Waals surface area contributed by atoms with Gasteiger partial charge in [0.15, 0.2) is 6.29 Å². The molecule has 3 aliphatic heterocycles. The van der Waals surface area contributed by atoms with Crippen LogP contribution in [-0.4, -0.2) is 220 Å². The van der Waals surface area contributed by atoms with Gasteiger partial charge in [0.25, 0.3) is 0 Å². The third-order valence-electron chi connectivity index (χ3n) is 12.4. The summed E-state index contributed by atoms with van der Waals surface area (Å²) in [5, 5.41) is 146. The molecule has 0 amide bonds. The monoisotopic (exact) mass is 802 g/mol. The van der Waals surface area contributed by atoms with E-state index in [1.165, 1.54) is 0 Å². The molecule has 320 valence electrons. The highest BCUT2D eigenvalue weighted by atomic mass is 17.2. The molecule has 6 aliphatic rings. The lowest BCUT2D eigenvalue weighted by molar-refractivity contribution is -0.465. The Labute approximate surface area is 316 Å². The van der Waals surface area contributed by atoms with Gasteiger partial charge in [-0.25, -0.2) is 9.78 Å². The molecule has 0 aromatic heterocycles. The van der Waals surface area contributed by atoms with Crippen molar-refractivity contribution in [3.63, 3.8) is 0 Å². The molecular weight excluding hydrogens is 744 g/mol. The Balaban J connectivity index is 1.23. The predicted molar refractivity (Wildman–Crippen MR) is 176 cm³/mol. The first-order valence-electron chi connectivity index (χ1n) is 19.1. The lowest BCUT2D eigenvalue weighted by atomic mass is 9.72. The molecule has 3 saturated heterocycles. The molecule has 3 heterocycles. The summed E-state index contributed by atoms with van der Waals surface area (Å²) in [4.78, 5) is 11.8. The Morgan fingerprint density at radius 3 is 1.78 bits per heavy atom. The topological polar surface area (TPSA) is 348 Å². The molecule has 55 heavy (non-hydrogen) atoms. The van der Waals surface area contributed by atoms with Crippen molar-refractivity contribution in [3.05, 3.63) is 0 Å². The van der Waals surface area contributed by atoms with Gasteiger partial charge in [-0.15, -0.1) is 0 Å². The summed E-state index contributed by atoms with van der Waals surface area (Å²) in [7, 11) is 0. The van der Waals surface area contributed by atoms with Gasteiger partial charge < -0.3 is 95.2 Å². The van der Waals surface area contributed by atoms with E-state index in [0.29, 0.717) is 6.42 Å². The Kier molecular flexibility index (Phi) is 14.8. The van der Waals surface area contributed by atoms with Crippen molar-refractivity contribution in [3.8, 4) is 0 Å². The van der Waals surface area contributed by atoms with E-state index in [2.05, 4.69) is 0 Å². The molecule has 9 unspecified atom stereocenters. The summed E-state index contributed by atoms with van der Waals surface area (Å²) in [6, 6.07) is 0. The van der Waals surface area contributed by atoms with Gasteiger partial charge in [-0.1, -0.05) is 0 Å². The van der Waals surface area contributed by atoms with Crippen molar-refractivity contribution >= 4 is 0 Å². The van der Waals surface area contributed by atoms with Crippen molar-refractivity contribution in [2.24, 2.45) is 17.8 Å². The van der Waals surface area contributed by atoms with Crippen molar-refractivity contribution < 1.29 is 105 Å². The van der Waals surface area contributed by atoms with Crippen molar-refractivity contribution in [1.82, 2.24) is 0 Å². The molecule has 21 nitrogen and oxygen atoms in total. The van der Waals surface area contributed by atoms with Crippen LogP contribution in [0, 0.1) is 17.8 Å². The van der Waals surface area contributed by atoms with E-state index in [-0.39, 0.29) is 38.5 Å². The lowest BCUT2D eigenvalue weighted by Gasteiger charge is -2.51. The molecule has 0 spiro atoms. The van der Waals surface area contributed by atoms with Crippen LogP contribution in [0.4, 0.5) is 0 Å². The van der Waals surface area contributed by atoms with Gasteiger partial charge in [0.2, 0.25) is 6.29 Å². The maximum Gasteiger partial charge on any atom is 0.220 e. The van der Waals surface area contributed by atoms with Crippen molar-refractivity contribution in [2.75, 3.05) is 19.8 Å². The Morgan fingerprint density at radius 2 is 1.13 bits per heavy atom. The fourth-order valence-electron chi connectivity index (χ4n) is 9.06. The van der Waals surface area contributed by atoms with Crippen LogP contribution in [0.25, 0.3) is 0 Å². The third kappa shape index (κ3) is 9.17. The number of fused-ring (bicyclic) bond motifs is 1. The maximum absolute atomic E-state index is 11.1. The SMILES string of the molecule is OC[C@H]1C[C@H](OC2CC(O)CC3OC(C4CCC(O)C(O)C4)C(OO[C@H]4O[C@@H](CO)[C@H](O)[C@@H](O)[C@@H]4O[C@@H]4O[C@@H](CO)[C@H](O)[C@@H](O)[C@@H]4O)CC32)[C@H](O)[C@@H](O)[C@@H]1O. The van der Waals surface area contributed by atoms with E-state index in [9.17, 15) is 71.5 Å². The van der Waals surface area contributed by atoms with Crippen LogP contribution in [-0.2, 0) is 33.5 Å². The summed E-state index contributed by atoms with van der Waals surface area (Å²) < 4.78 is 29.8. The number of rotatable bonds is 11. The minimum absolute atomic E-state index is 0.00371. The normalized spacial score (nSPS) is 53.8. The van der Waals surface area contributed by atoms with Crippen LogP contribution in [0.2, 0.25) is 0 Å². The summed E-state index contributed by atoms with van der Waals surface area (Å²) in [5.74, 6) is -1.73. The Morgan fingerprint density at radius 1 is 0.473 bits per heavy atom. The van der Waals surface area contributed by atoms with Crippen LogP contribution >= 0.6 is 0 Å². The number of hydrogen-bond donors (Lipinski definition) is 14. The lowest BCUT2D eigenvalue weighted by Crippen LogP contribution is -2.65. The van der Waals surface area contributed by atoms with Gasteiger partial charge in [0.1, 0.15) is 67.1 Å². The van der Waals surface area contributed by atoms with Gasteiger partial charge in [-0.2, -0.15) is 0 Å². The molecule has 0 radical (unpaired) electrons. The smallest absolute Gasteiger partial charge is 0.220 e. The second-order valence-corrected chi connectivity index (χ2v) is 16.0. The summed E-state index contributed by atoms with van der Waals surface area (Å²) in [5.41, 5.74) is 0. The van der Waals surface area contributed by atoms with E-state index in [1.807, 2.05) is 0 Å². The van der Waals surface area contributed by atoms with E-state index >= 15 is 0 Å². The summed E-state index contributed by atoms with van der Waals surface area (Å²) in [6.45, 7) is -2.04. The fraction of sp³-hybridized carbons (Fsp3) is 1.00. The zero-order chi connectivity index (χ0) is 39.9. The second kappa shape index (κ2) is 18.6. The largest absolute Gasteiger partial charge is 0.396 e. The predicted octanol–water partition coefficient (Wildman–Crippen LogP) is -6.77. The molecule has 0 aromatic carbocycles. The Hall–Kier alpha value is -0.840. The number of hydrogen-bond acceptors (Lipinski definition) is 21. The molecule has 21 heteroatoms. The van der Waals surface area contributed by atoms with E-state index in [0.717, 1.165) is 0 Å². The Bertz CT molecular complexity index is 1200. The van der Waals surface area contributed by atoms with E-state index < -0.39 is 166 Å². The van der Waals surface area contributed by atoms with Crippen LogP contribution in [0.3, 0.4) is 0 Å². The molecular formula is C34H58O21. The van der Waals surface area contributed by atoms with Crippen LogP contribution in [0.1, 0.15) is 44.9 Å². The molecule has 3 saturated carbocycles. The highest BCUT2D eigenvalue weighted by Crippen LogP contribution is 2.45. The molecule has 0 aromatic rings. The standard InChI is InChI=1S/C34H58O21/c35-8-12-4-19(24(42)27(45)23(12)41)49-17-5-13(38)6-18-14(17)7-20(31(50-18)11-1-2-15(39)16(40)3-11)54-55-34-32(29(47)26(44)22(10-37)52-34)53-33-30(48)28(46)25(43)21(9-36)51-33/h11-48H,1-10H2/t11?,12-,13?,14?,15?,16?,17?,18?,19+,20?,21+,22+,23-,24+,25+,26+,27+,28-,29-,30+,31?,32+,33+,34-/m1/s1. The molecule has 6 fully saturated rings. The molecule has 3 aliphatic carbocycles. The fourth-order valence-corrected chi connectivity index (χ4v) is 9.06. The first-order chi connectivity index (χ1) is 26.2. The summed E-state index contributed by atoms with van der Waals surface area (Å²) in [6.07, 6.45) is -27.8. The van der Waals surface area contributed by atoms with Gasteiger partial charge in [0.05, 0.1) is 62.0 Å². The number of ether oxygens (including phenoxy) is 5. The third-order valence-corrected chi connectivity index (χ3v) is 12.4. The van der Waals surface area contributed by atoms with Crippen LogP contribution in [0.5, 0.6) is 0 Å². The molecule has 6 rings (SSSR count). The molecule has 24 atom stereocenters. The second-order valence-electron chi connectivity index (χ2n) is 16.0. The maximum atomic E-state index is 11.1. The van der Waals surface area contributed by atoms with Gasteiger partial charge >= 0.3 is 0 Å². The van der Waals surface area contributed by atoms with Gasteiger partial charge in [0, 0.05) is 18.4 Å². The highest BCUT2D eigenvalue weighted by Gasteiger charge is 2.55. The number of aliphatic hydroxyl groups excluding tert-OH is 14. The van der Waals surface area contributed by atoms with Crippen molar-refractivity contribution in [2.45, 2.75) is 174 Å². The minimum Gasteiger partial charge on any atom is -0.396 e. The number of aliphatic hydroxyl groups is 14.